The third-order valence-electron chi connectivity index (χ3n) is 3.23. The number of sulfonamides is 1. The largest absolute Gasteiger partial charge is 0.455 e. The first-order chi connectivity index (χ1) is 12.4. The van der Waals surface area contributed by atoms with E-state index >= 15 is 0 Å². The number of carbonyl (C=O) groups is 2. The highest BCUT2D eigenvalue weighted by molar-refractivity contribution is 7.89. The Morgan fingerprint density at radius 3 is 2.31 bits per heavy atom. The second kappa shape index (κ2) is 9.07. The maximum atomic E-state index is 12.8. The Kier molecular flexibility index (Phi) is 6.81. The van der Waals surface area contributed by atoms with Crippen LogP contribution in [0.4, 0.5) is 4.39 Å². The number of amides is 1. The lowest BCUT2D eigenvalue weighted by atomic mass is 10.2. The molecule has 0 aliphatic heterocycles. The molecule has 0 radical (unpaired) electrons. The number of nitrogens with one attached hydrogen (secondary N) is 2. The summed E-state index contributed by atoms with van der Waals surface area (Å²) in [6.07, 6.45) is 0. The van der Waals surface area contributed by atoms with Crippen LogP contribution in [0.3, 0.4) is 0 Å². The normalized spacial score (nSPS) is 11.0. The first-order valence-corrected chi connectivity index (χ1v) is 9.06. The summed E-state index contributed by atoms with van der Waals surface area (Å²) in [5, 5.41) is 2.49. The Labute approximate surface area is 150 Å². The van der Waals surface area contributed by atoms with Crippen molar-refractivity contribution in [1.29, 1.82) is 0 Å². The molecule has 0 saturated heterocycles. The molecule has 0 aliphatic carbocycles. The minimum absolute atomic E-state index is 0.0184. The summed E-state index contributed by atoms with van der Waals surface area (Å²) >= 11 is 0. The zero-order valence-corrected chi connectivity index (χ0v) is 14.5. The summed E-state index contributed by atoms with van der Waals surface area (Å²) in [6.45, 7) is -0.993. The lowest BCUT2D eigenvalue weighted by Crippen LogP contribution is -2.33. The lowest BCUT2D eigenvalue weighted by molar-refractivity contribution is -0.147. The zero-order chi connectivity index (χ0) is 19.0. The van der Waals surface area contributed by atoms with Gasteiger partial charge in [0.05, 0.1) is 4.90 Å². The Hall–Kier alpha value is -2.78. The van der Waals surface area contributed by atoms with Gasteiger partial charge in [0.25, 0.3) is 5.91 Å². The maximum absolute atomic E-state index is 12.8. The molecule has 2 N–H and O–H groups in total. The molecule has 0 aliphatic rings. The van der Waals surface area contributed by atoms with Gasteiger partial charge >= 0.3 is 5.97 Å². The summed E-state index contributed by atoms with van der Waals surface area (Å²) in [5.41, 5.74) is 0.682. The Bertz CT molecular complexity index is 854. The number of halogens is 1. The highest BCUT2D eigenvalue weighted by Gasteiger charge is 2.16. The molecule has 138 valence electrons. The van der Waals surface area contributed by atoms with E-state index in [0.29, 0.717) is 5.56 Å². The molecule has 0 bridgehead atoms. The van der Waals surface area contributed by atoms with Crippen LogP contribution in [0, 0.1) is 5.82 Å². The van der Waals surface area contributed by atoms with Crippen LogP contribution in [-0.4, -0.2) is 33.4 Å². The number of carbonyl (C=O) groups excluding carboxylic acids is 2. The SMILES string of the molecule is O=C(COC(=O)CNS(=O)(=O)c1ccccc1)NCc1ccc(F)cc1. The van der Waals surface area contributed by atoms with Gasteiger partial charge in [-0.1, -0.05) is 30.3 Å². The fourth-order valence-corrected chi connectivity index (χ4v) is 2.88. The smallest absolute Gasteiger partial charge is 0.321 e. The van der Waals surface area contributed by atoms with E-state index < -0.39 is 35.1 Å². The van der Waals surface area contributed by atoms with Gasteiger partial charge in [-0.25, -0.2) is 12.8 Å². The molecule has 9 heteroatoms. The van der Waals surface area contributed by atoms with Crippen LogP contribution in [0.15, 0.2) is 59.5 Å². The number of hydrogen-bond acceptors (Lipinski definition) is 5. The van der Waals surface area contributed by atoms with E-state index in [2.05, 4.69) is 10.0 Å². The Morgan fingerprint density at radius 2 is 1.65 bits per heavy atom. The average molecular weight is 380 g/mol. The minimum atomic E-state index is -3.83. The molecule has 2 rings (SSSR count). The van der Waals surface area contributed by atoms with Crippen molar-refractivity contribution in [3.63, 3.8) is 0 Å². The van der Waals surface area contributed by atoms with Crippen molar-refractivity contribution >= 4 is 21.9 Å². The molecular weight excluding hydrogens is 363 g/mol. The van der Waals surface area contributed by atoms with Crippen molar-refractivity contribution in [2.45, 2.75) is 11.4 Å². The number of hydrogen-bond donors (Lipinski definition) is 2. The summed E-state index contributed by atoms with van der Waals surface area (Å²) in [7, 11) is -3.83. The summed E-state index contributed by atoms with van der Waals surface area (Å²) < 4.78 is 43.4. The first kappa shape index (κ1) is 19.5. The Morgan fingerprint density at radius 1 is 1.00 bits per heavy atom. The van der Waals surface area contributed by atoms with Crippen LogP contribution in [0.1, 0.15) is 5.56 Å². The van der Waals surface area contributed by atoms with Gasteiger partial charge in [0, 0.05) is 6.54 Å². The van der Waals surface area contributed by atoms with Gasteiger partial charge in [0.1, 0.15) is 12.4 Å². The molecule has 0 aromatic heterocycles. The third-order valence-corrected chi connectivity index (χ3v) is 4.64. The van der Waals surface area contributed by atoms with Crippen molar-refractivity contribution < 1.29 is 27.1 Å². The standard InChI is InChI=1S/C17H17FN2O5S/c18-14-8-6-13(7-9-14)10-19-16(21)12-25-17(22)11-20-26(23,24)15-4-2-1-3-5-15/h1-9,20H,10-12H2,(H,19,21). The van der Waals surface area contributed by atoms with Crippen LogP contribution in [0.5, 0.6) is 0 Å². The molecule has 0 atom stereocenters. The molecule has 2 aromatic rings. The summed E-state index contributed by atoms with van der Waals surface area (Å²) in [4.78, 5) is 23.2. The molecule has 0 heterocycles. The molecule has 0 fully saturated rings. The van der Waals surface area contributed by atoms with E-state index in [1.807, 2.05) is 0 Å². The van der Waals surface area contributed by atoms with E-state index in [0.717, 1.165) is 0 Å². The van der Waals surface area contributed by atoms with E-state index in [-0.39, 0.29) is 17.3 Å². The van der Waals surface area contributed by atoms with Gasteiger partial charge in [-0.2, -0.15) is 4.72 Å². The predicted octanol–water partition coefficient (Wildman–Crippen LogP) is 0.964. The van der Waals surface area contributed by atoms with Crippen LogP contribution in [0.25, 0.3) is 0 Å². The predicted molar refractivity (Wildman–Crippen MR) is 90.8 cm³/mol. The van der Waals surface area contributed by atoms with Gasteiger partial charge in [-0.05, 0) is 29.8 Å². The Balaban J connectivity index is 1.71. The number of esters is 1. The number of ether oxygens (including phenoxy) is 1. The third kappa shape index (κ3) is 6.26. The van der Waals surface area contributed by atoms with Crippen LogP contribution in [0.2, 0.25) is 0 Å². The van der Waals surface area contributed by atoms with E-state index in [4.69, 9.17) is 4.74 Å². The van der Waals surface area contributed by atoms with Crippen molar-refractivity contribution in [1.82, 2.24) is 10.0 Å². The number of benzene rings is 2. The molecule has 2 aromatic carbocycles. The van der Waals surface area contributed by atoms with E-state index in [1.165, 1.54) is 36.4 Å². The van der Waals surface area contributed by atoms with Crippen molar-refractivity contribution in [3.05, 3.63) is 66.0 Å². The van der Waals surface area contributed by atoms with Crippen LogP contribution in [-0.2, 0) is 30.9 Å². The second-order valence-electron chi connectivity index (χ2n) is 5.20. The molecule has 0 spiro atoms. The van der Waals surface area contributed by atoms with Crippen molar-refractivity contribution in [2.24, 2.45) is 0 Å². The van der Waals surface area contributed by atoms with Gasteiger partial charge in [0.2, 0.25) is 10.0 Å². The van der Waals surface area contributed by atoms with Gasteiger partial charge in [-0.3, -0.25) is 9.59 Å². The highest BCUT2D eigenvalue weighted by Crippen LogP contribution is 2.06. The van der Waals surface area contributed by atoms with E-state index in [1.54, 1.807) is 18.2 Å². The molecule has 26 heavy (non-hydrogen) atoms. The van der Waals surface area contributed by atoms with Gasteiger partial charge < -0.3 is 10.1 Å². The molecular formula is C17H17FN2O5S. The fourth-order valence-electron chi connectivity index (χ4n) is 1.89. The van der Waals surface area contributed by atoms with Gasteiger partial charge in [0.15, 0.2) is 6.61 Å². The van der Waals surface area contributed by atoms with Crippen molar-refractivity contribution in [2.75, 3.05) is 13.2 Å². The topological polar surface area (TPSA) is 102 Å². The first-order valence-electron chi connectivity index (χ1n) is 7.58. The molecule has 0 unspecified atom stereocenters. The minimum Gasteiger partial charge on any atom is -0.455 e. The molecule has 7 nitrogen and oxygen atoms in total. The monoisotopic (exact) mass is 380 g/mol. The quantitative estimate of drug-likeness (QED) is 0.665. The maximum Gasteiger partial charge on any atom is 0.321 e. The zero-order valence-electron chi connectivity index (χ0n) is 13.6. The van der Waals surface area contributed by atoms with Crippen LogP contribution >= 0.6 is 0 Å². The summed E-state index contributed by atoms with van der Waals surface area (Å²) in [5.74, 6) is -1.83. The highest BCUT2D eigenvalue weighted by atomic mass is 32.2. The second-order valence-corrected chi connectivity index (χ2v) is 6.97. The van der Waals surface area contributed by atoms with Gasteiger partial charge in [-0.15, -0.1) is 0 Å². The molecule has 0 saturated carbocycles. The van der Waals surface area contributed by atoms with Crippen molar-refractivity contribution in [3.8, 4) is 0 Å². The molecule has 1 amide bonds. The fraction of sp³-hybridized carbons (Fsp3) is 0.176. The number of rotatable bonds is 8. The average Bonchev–Trinajstić information content (AvgIpc) is 2.65. The lowest BCUT2D eigenvalue weighted by Gasteiger charge is -2.08. The van der Waals surface area contributed by atoms with E-state index in [9.17, 15) is 22.4 Å². The van der Waals surface area contributed by atoms with Crippen LogP contribution < -0.4 is 10.0 Å². The summed E-state index contributed by atoms with van der Waals surface area (Å²) in [6, 6.07) is 13.1.